The SMILES string of the molecule is Cc1ncc([N+](=O)[O-])cc1C(=O)N1CCC(F)(C(=O)O)C1. The molecule has 1 aliphatic rings. The molecule has 0 radical (unpaired) electrons. The summed E-state index contributed by atoms with van der Waals surface area (Å²) in [6, 6.07) is 1.06. The number of alkyl halides is 1. The van der Waals surface area contributed by atoms with E-state index in [4.69, 9.17) is 5.11 Å². The summed E-state index contributed by atoms with van der Waals surface area (Å²) in [5.41, 5.74) is -2.60. The van der Waals surface area contributed by atoms with E-state index in [1.165, 1.54) is 6.92 Å². The average Bonchev–Trinajstić information content (AvgIpc) is 2.82. The third kappa shape index (κ3) is 2.67. The Balaban J connectivity index is 2.28. The maximum absolute atomic E-state index is 14.0. The number of hydrogen-bond donors (Lipinski definition) is 1. The molecule has 2 heterocycles. The molecule has 0 aliphatic carbocycles. The number of hydrogen-bond acceptors (Lipinski definition) is 5. The van der Waals surface area contributed by atoms with E-state index in [0.29, 0.717) is 0 Å². The number of aryl methyl sites for hydroxylation is 1. The van der Waals surface area contributed by atoms with Gasteiger partial charge in [0.25, 0.3) is 11.6 Å². The molecule has 1 fully saturated rings. The largest absolute Gasteiger partial charge is 0.479 e. The highest BCUT2D eigenvalue weighted by molar-refractivity contribution is 5.96. The molecule has 0 spiro atoms. The molecule has 0 saturated carbocycles. The Kier molecular flexibility index (Phi) is 3.58. The molecule has 0 aromatic carbocycles. The molecule has 9 heteroatoms. The highest BCUT2D eigenvalue weighted by Crippen LogP contribution is 2.28. The predicted molar refractivity (Wildman–Crippen MR) is 67.6 cm³/mol. The first-order valence-corrected chi connectivity index (χ1v) is 6.07. The van der Waals surface area contributed by atoms with E-state index in [1.807, 2.05) is 0 Å². The number of nitrogens with zero attached hydrogens (tertiary/aromatic N) is 3. The Morgan fingerprint density at radius 3 is 2.76 bits per heavy atom. The summed E-state index contributed by atoms with van der Waals surface area (Å²) in [7, 11) is 0. The monoisotopic (exact) mass is 297 g/mol. The molecular weight excluding hydrogens is 285 g/mol. The van der Waals surface area contributed by atoms with Gasteiger partial charge in [-0.3, -0.25) is 19.9 Å². The highest BCUT2D eigenvalue weighted by atomic mass is 19.1. The second kappa shape index (κ2) is 5.08. The van der Waals surface area contributed by atoms with Gasteiger partial charge in [-0.15, -0.1) is 0 Å². The van der Waals surface area contributed by atoms with Gasteiger partial charge in [0.2, 0.25) is 5.67 Å². The van der Waals surface area contributed by atoms with Gasteiger partial charge in [-0.05, 0) is 6.92 Å². The number of carbonyl (C=O) groups is 2. The number of nitro groups is 1. The molecule has 1 atom stereocenters. The molecule has 1 amide bonds. The Labute approximate surface area is 118 Å². The number of amides is 1. The third-order valence-electron chi connectivity index (χ3n) is 3.40. The molecule has 1 aromatic heterocycles. The quantitative estimate of drug-likeness (QED) is 0.656. The maximum Gasteiger partial charge on any atom is 0.343 e. The molecule has 1 unspecified atom stereocenters. The van der Waals surface area contributed by atoms with Crippen molar-refractivity contribution in [3.63, 3.8) is 0 Å². The number of carboxylic acids is 1. The fourth-order valence-electron chi connectivity index (χ4n) is 2.13. The minimum Gasteiger partial charge on any atom is -0.479 e. The van der Waals surface area contributed by atoms with Gasteiger partial charge in [-0.25, -0.2) is 9.18 Å². The number of carbonyl (C=O) groups excluding carboxylic acids is 1. The van der Waals surface area contributed by atoms with Crippen LogP contribution in [-0.2, 0) is 4.79 Å². The van der Waals surface area contributed by atoms with Crippen molar-refractivity contribution in [3.05, 3.63) is 33.6 Å². The van der Waals surface area contributed by atoms with Crippen molar-refractivity contribution in [1.29, 1.82) is 0 Å². The zero-order chi connectivity index (χ0) is 15.8. The van der Waals surface area contributed by atoms with Gasteiger partial charge in [0.05, 0.1) is 22.7 Å². The lowest BCUT2D eigenvalue weighted by molar-refractivity contribution is -0.385. The summed E-state index contributed by atoms with van der Waals surface area (Å²) in [4.78, 5) is 37.9. The molecule has 21 heavy (non-hydrogen) atoms. The van der Waals surface area contributed by atoms with Crippen LogP contribution in [0.1, 0.15) is 22.5 Å². The van der Waals surface area contributed by atoms with Crippen LogP contribution in [0.15, 0.2) is 12.3 Å². The Morgan fingerprint density at radius 1 is 1.57 bits per heavy atom. The van der Waals surface area contributed by atoms with Crippen molar-refractivity contribution in [2.45, 2.75) is 19.0 Å². The van der Waals surface area contributed by atoms with Crippen LogP contribution in [0.4, 0.5) is 10.1 Å². The van der Waals surface area contributed by atoms with Gasteiger partial charge in [0, 0.05) is 19.0 Å². The van der Waals surface area contributed by atoms with Gasteiger partial charge >= 0.3 is 5.97 Å². The third-order valence-corrected chi connectivity index (χ3v) is 3.40. The maximum atomic E-state index is 14.0. The number of rotatable bonds is 3. The predicted octanol–water partition coefficient (Wildman–Crippen LogP) is 0.937. The van der Waals surface area contributed by atoms with Crippen molar-refractivity contribution >= 4 is 17.6 Å². The van der Waals surface area contributed by atoms with Gasteiger partial charge < -0.3 is 10.0 Å². The molecule has 1 aromatic rings. The second-order valence-electron chi connectivity index (χ2n) is 4.83. The number of aromatic nitrogens is 1. The lowest BCUT2D eigenvalue weighted by Gasteiger charge is -2.18. The van der Waals surface area contributed by atoms with Crippen molar-refractivity contribution in [2.24, 2.45) is 0 Å². The van der Waals surface area contributed by atoms with Gasteiger partial charge in [0.15, 0.2) is 0 Å². The van der Waals surface area contributed by atoms with E-state index >= 15 is 0 Å². The van der Waals surface area contributed by atoms with Crippen molar-refractivity contribution in [2.75, 3.05) is 13.1 Å². The summed E-state index contributed by atoms with van der Waals surface area (Å²) in [5, 5.41) is 19.5. The summed E-state index contributed by atoms with van der Waals surface area (Å²) >= 11 is 0. The number of pyridine rings is 1. The van der Waals surface area contributed by atoms with Crippen LogP contribution in [0.5, 0.6) is 0 Å². The zero-order valence-corrected chi connectivity index (χ0v) is 11.1. The van der Waals surface area contributed by atoms with Crippen LogP contribution >= 0.6 is 0 Å². The molecule has 1 N–H and O–H groups in total. The molecule has 0 bridgehead atoms. The van der Waals surface area contributed by atoms with Crippen LogP contribution in [0.2, 0.25) is 0 Å². The first-order chi connectivity index (χ1) is 9.74. The van der Waals surface area contributed by atoms with E-state index in [2.05, 4.69) is 4.98 Å². The van der Waals surface area contributed by atoms with E-state index < -0.39 is 29.0 Å². The number of carboxylic acid groups (broad SMARTS) is 1. The lowest BCUT2D eigenvalue weighted by Crippen LogP contribution is -2.39. The van der Waals surface area contributed by atoms with Gasteiger partial charge in [0.1, 0.15) is 6.20 Å². The standard InChI is InChI=1S/C12H12FN3O5/c1-7-9(4-8(5-14-7)16(20)21)10(17)15-3-2-12(13,6-15)11(18)19/h4-5H,2-3,6H2,1H3,(H,18,19). The topological polar surface area (TPSA) is 114 Å². The Bertz CT molecular complexity index is 635. The smallest absolute Gasteiger partial charge is 0.343 e. The summed E-state index contributed by atoms with van der Waals surface area (Å²) < 4.78 is 14.0. The highest BCUT2D eigenvalue weighted by Gasteiger charge is 2.47. The van der Waals surface area contributed by atoms with Crippen LogP contribution < -0.4 is 0 Å². The lowest BCUT2D eigenvalue weighted by atomic mass is 10.1. The molecular formula is C12H12FN3O5. The fraction of sp³-hybridized carbons (Fsp3) is 0.417. The van der Waals surface area contributed by atoms with E-state index in [9.17, 15) is 24.1 Å². The summed E-state index contributed by atoms with van der Waals surface area (Å²) in [6.45, 7) is 0.847. The van der Waals surface area contributed by atoms with Crippen molar-refractivity contribution < 1.29 is 24.0 Å². The van der Waals surface area contributed by atoms with E-state index in [0.717, 1.165) is 17.2 Å². The van der Waals surface area contributed by atoms with Gasteiger partial charge in [-0.1, -0.05) is 0 Å². The molecule has 1 aliphatic heterocycles. The van der Waals surface area contributed by atoms with Crippen molar-refractivity contribution in [3.8, 4) is 0 Å². The molecule has 112 valence electrons. The first kappa shape index (κ1) is 14.8. The van der Waals surface area contributed by atoms with Crippen LogP contribution in [-0.4, -0.2) is 50.5 Å². The summed E-state index contributed by atoms with van der Waals surface area (Å²) in [6.07, 6.45) is 0.711. The van der Waals surface area contributed by atoms with Crippen molar-refractivity contribution in [1.82, 2.24) is 9.88 Å². The minimum absolute atomic E-state index is 0.0289. The van der Waals surface area contributed by atoms with E-state index in [1.54, 1.807) is 0 Å². The average molecular weight is 297 g/mol. The van der Waals surface area contributed by atoms with Gasteiger partial charge in [-0.2, -0.15) is 0 Å². The Hall–Kier alpha value is -2.58. The number of likely N-dealkylation sites (tertiary alicyclic amines) is 1. The molecule has 1 saturated heterocycles. The van der Waals surface area contributed by atoms with E-state index in [-0.39, 0.29) is 29.9 Å². The molecule has 2 rings (SSSR count). The van der Waals surface area contributed by atoms with Crippen LogP contribution in [0.25, 0.3) is 0 Å². The normalized spacial score (nSPS) is 21.3. The number of halogens is 1. The first-order valence-electron chi connectivity index (χ1n) is 6.07. The fourth-order valence-corrected chi connectivity index (χ4v) is 2.13. The van der Waals surface area contributed by atoms with Crippen LogP contribution in [0, 0.1) is 17.0 Å². The second-order valence-corrected chi connectivity index (χ2v) is 4.83. The minimum atomic E-state index is -2.47. The number of aliphatic carboxylic acids is 1. The molecule has 8 nitrogen and oxygen atoms in total. The Morgan fingerprint density at radius 2 is 2.24 bits per heavy atom. The zero-order valence-electron chi connectivity index (χ0n) is 11.1. The van der Waals surface area contributed by atoms with Crippen LogP contribution in [0.3, 0.4) is 0 Å². The summed E-state index contributed by atoms with van der Waals surface area (Å²) in [5.74, 6) is -2.28.